The van der Waals surface area contributed by atoms with E-state index in [9.17, 15) is 0 Å². The second kappa shape index (κ2) is 4.87. The molecule has 0 aliphatic heterocycles. The Balaban J connectivity index is 0.000000810. The first-order valence-electron chi connectivity index (χ1n) is 2.91. The van der Waals surface area contributed by atoms with Crippen molar-refractivity contribution in [2.24, 2.45) is 0 Å². The maximum absolute atomic E-state index is 3.03. The molecule has 1 nitrogen and oxygen atoms in total. The van der Waals surface area contributed by atoms with Gasteiger partial charge in [-0.15, -0.1) is 20.0 Å². The van der Waals surface area contributed by atoms with Gasteiger partial charge >= 0.3 is 0 Å². The second-order valence-corrected chi connectivity index (χ2v) is 1.87. The molecule has 1 N–H and O–H groups in total. The van der Waals surface area contributed by atoms with Crippen LogP contribution < -0.4 is 0 Å². The number of aromatic amines is 1. The van der Waals surface area contributed by atoms with Crippen molar-refractivity contribution in [1.29, 1.82) is 0 Å². The van der Waals surface area contributed by atoms with Gasteiger partial charge in [0.2, 0.25) is 0 Å². The molecule has 0 aromatic carbocycles. The Morgan fingerprint density at radius 1 is 1.70 bits per heavy atom. The standard InChI is InChI=1S/C8H9N.Y/c1-3-7(2)8-5-4-6-9-8;/h4,6,9H,1-2H3;/q-2;. The molecule has 0 saturated heterocycles. The van der Waals surface area contributed by atoms with Gasteiger partial charge < -0.3 is 16.6 Å². The summed E-state index contributed by atoms with van der Waals surface area (Å²) in [6.45, 7) is 3.90. The van der Waals surface area contributed by atoms with Crippen LogP contribution in [0.3, 0.4) is 0 Å². The number of aromatic nitrogens is 1. The largest absolute Gasteiger partial charge is 0.514 e. The van der Waals surface area contributed by atoms with Crippen LogP contribution in [0.4, 0.5) is 0 Å². The van der Waals surface area contributed by atoms with Crippen molar-refractivity contribution in [3.05, 3.63) is 30.1 Å². The summed E-state index contributed by atoms with van der Waals surface area (Å²) in [4.78, 5) is 3.03. The predicted molar refractivity (Wildman–Crippen MR) is 37.6 cm³/mol. The minimum absolute atomic E-state index is 0. The first-order chi connectivity index (χ1) is 4.34. The van der Waals surface area contributed by atoms with E-state index in [0.29, 0.717) is 0 Å². The molecule has 0 fully saturated rings. The Hall–Kier alpha value is 0.124. The summed E-state index contributed by atoms with van der Waals surface area (Å²) < 4.78 is 0. The van der Waals surface area contributed by atoms with Gasteiger partial charge in [0.25, 0.3) is 0 Å². The van der Waals surface area contributed by atoms with Gasteiger partial charge in [0.05, 0.1) is 0 Å². The SMILES string of the molecule is C[C-]=C(C)c1[c-]cc[nH]1.[Y]. The summed E-state index contributed by atoms with van der Waals surface area (Å²) in [5.41, 5.74) is 2.14. The van der Waals surface area contributed by atoms with E-state index in [4.69, 9.17) is 0 Å². The molecule has 10 heavy (non-hydrogen) atoms. The molecule has 0 aliphatic carbocycles. The molecule has 0 unspecified atom stereocenters. The minimum Gasteiger partial charge on any atom is -0.514 e. The van der Waals surface area contributed by atoms with Crippen molar-refractivity contribution >= 4 is 5.57 Å². The Morgan fingerprint density at radius 3 is 2.80 bits per heavy atom. The van der Waals surface area contributed by atoms with Crippen molar-refractivity contribution in [2.45, 2.75) is 13.8 Å². The summed E-state index contributed by atoms with van der Waals surface area (Å²) in [5, 5.41) is 0. The molecule has 1 aromatic heterocycles. The van der Waals surface area contributed by atoms with Crippen LogP contribution in [0.1, 0.15) is 19.5 Å². The van der Waals surface area contributed by atoms with E-state index in [1.54, 1.807) is 0 Å². The molecule has 1 heterocycles. The van der Waals surface area contributed by atoms with Crippen LogP contribution in [0.5, 0.6) is 0 Å². The fraction of sp³-hybridized carbons (Fsp3) is 0.250. The molecule has 1 radical (unpaired) electrons. The Kier molecular flexibility index (Phi) is 4.93. The smallest absolute Gasteiger partial charge is 0 e. The average molecular weight is 208 g/mol. The van der Waals surface area contributed by atoms with Crippen LogP contribution in [0.15, 0.2) is 12.3 Å². The first-order valence-corrected chi connectivity index (χ1v) is 2.91. The fourth-order valence-corrected chi connectivity index (χ4v) is 0.633. The first kappa shape index (κ1) is 10.1. The Labute approximate surface area is 86.8 Å². The molecule has 0 atom stereocenters. The molecule has 2 heteroatoms. The molecule has 0 spiro atoms. The van der Waals surface area contributed by atoms with Gasteiger partial charge in [-0.1, -0.05) is 0 Å². The molecule has 0 amide bonds. The molecular formula is C8H9NY-2. The number of nitrogens with one attached hydrogen (secondary N) is 1. The second-order valence-electron chi connectivity index (χ2n) is 1.87. The number of hydrogen-bond donors (Lipinski definition) is 1. The van der Waals surface area contributed by atoms with E-state index in [0.717, 1.165) is 11.3 Å². The maximum atomic E-state index is 3.03. The van der Waals surface area contributed by atoms with Crippen LogP contribution in [-0.4, -0.2) is 4.98 Å². The van der Waals surface area contributed by atoms with Gasteiger partial charge in [-0.3, -0.25) is 6.07 Å². The number of allylic oxidation sites excluding steroid dienone is 2. The van der Waals surface area contributed by atoms with E-state index in [2.05, 4.69) is 17.1 Å². The van der Waals surface area contributed by atoms with E-state index in [1.807, 2.05) is 26.1 Å². The molecule has 1 rings (SSSR count). The quantitative estimate of drug-likeness (QED) is 0.679. The number of H-pyrrole nitrogens is 1. The van der Waals surface area contributed by atoms with E-state index in [1.165, 1.54) is 0 Å². The molecule has 1 aromatic rings. The van der Waals surface area contributed by atoms with Crippen LogP contribution in [0.2, 0.25) is 0 Å². The fourth-order valence-electron chi connectivity index (χ4n) is 0.633. The van der Waals surface area contributed by atoms with Crippen molar-refractivity contribution in [1.82, 2.24) is 4.98 Å². The summed E-state index contributed by atoms with van der Waals surface area (Å²) in [6.07, 6.45) is 4.88. The Bertz CT molecular complexity index is 199. The van der Waals surface area contributed by atoms with Gasteiger partial charge in [-0.05, 0) is 0 Å². The molecule has 0 saturated carbocycles. The number of rotatable bonds is 1. The zero-order chi connectivity index (χ0) is 6.69. The van der Waals surface area contributed by atoms with Gasteiger partial charge in [0, 0.05) is 32.7 Å². The van der Waals surface area contributed by atoms with E-state index >= 15 is 0 Å². The van der Waals surface area contributed by atoms with Gasteiger partial charge in [0.1, 0.15) is 0 Å². The third kappa shape index (κ3) is 2.39. The van der Waals surface area contributed by atoms with Crippen LogP contribution in [0.25, 0.3) is 5.57 Å². The van der Waals surface area contributed by atoms with Crippen LogP contribution in [0, 0.1) is 12.1 Å². The maximum Gasteiger partial charge on any atom is 0 e. The van der Waals surface area contributed by atoms with Crippen molar-refractivity contribution in [2.75, 3.05) is 0 Å². The normalized spacial score (nSPS) is 10.8. The van der Waals surface area contributed by atoms with Crippen molar-refractivity contribution in [3.63, 3.8) is 0 Å². The van der Waals surface area contributed by atoms with E-state index in [-0.39, 0.29) is 32.7 Å². The Morgan fingerprint density at radius 2 is 2.40 bits per heavy atom. The third-order valence-electron chi connectivity index (χ3n) is 1.29. The number of hydrogen-bond acceptors (Lipinski definition) is 0. The summed E-state index contributed by atoms with van der Waals surface area (Å²) in [6, 6.07) is 4.89. The minimum atomic E-state index is 0. The summed E-state index contributed by atoms with van der Waals surface area (Å²) in [7, 11) is 0. The topological polar surface area (TPSA) is 15.8 Å². The van der Waals surface area contributed by atoms with Gasteiger partial charge in [0.15, 0.2) is 0 Å². The van der Waals surface area contributed by atoms with Crippen LogP contribution in [-0.2, 0) is 32.7 Å². The molecule has 0 aliphatic rings. The molecule has 51 valence electrons. The van der Waals surface area contributed by atoms with Crippen LogP contribution >= 0.6 is 0 Å². The van der Waals surface area contributed by atoms with Gasteiger partial charge in [-0.2, -0.15) is 6.07 Å². The monoisotopic (exact) mass is 208 g/mol. The zero-order valence-corrected chi connectivity index (χ0v) is 9.07. The predicted octanol–water partition coefficient (Wildman–Crippen LogP) is 2.04. The molecular weight excluding hydrogens is 199 g/mol. The summed E-state index contributed by atoms with van der Waals surface area (Å²) >= 11 is 0. The third-order valence-corrected chi connectivity index (χ3v) is 1.29. The van der Waals surface area contributed by atoms with E-state index < -0.39 is 0 Å². The average Bonchev–Trinajstić information content (AvgIpc) is 2.37. The zero-order valence-electron chi connectivity index (χ0n) is 6.23. The molecule has 0 bridgehead atoms. The van der Waals surface area contributed by atoms with Gasteiger partial charge in [-0.25, -0.2) is 5.69 Å². The summed E-state index contributed by atoms with van der Waals surface area (Å²) in [5.74, 6) is 0. The van der Waals surface area contributed by atoms with Crippen molar-refractivity contribution < 1.29 is 32.7 Å². The van der Waals surface area contributed by atoms with Crippen molar-refractivity contribution in [3.8, 4) is 0 Å².